The van der Waals surface area contributed by atoms with Crippen molar-refractivity contribution in [3.05, 3.63) is 59.7 Å². The van der Waals surface area contributed by atoms with Crippen LogP contribution in [0.1, 0.15) is 54.9 Å². The predicted octanol–water partition coefficient (Wildman–Crippen LogP) is 4.29. The second-order valence-electron chi connectivity index (χ2n) is 7.28. The first-order valence-corrected chi connectivity index (χ1v) is 9.94. The number of rotatable bonds is 8. The Labute approximate surface area is 166 Å². The maximum Gasteiger partial charge on any atom is 0.259 e. The van der Waals surface area contributed by atoms with Gasteiger partial charge in [-0.25, -0.2) is 0 Å². The van der Waals surface area contributed by atoms with Gasteiger partial charge in [-0.05, 0) is 49.1 Å². The summed E-state index contributed by atoms with van der Waals surface area (Å²) in [5, 5.41) is 5.98. The average Bonchev–Trinajstić information content (AvgIpc) is 2.68. The van der Waals surface area contributed by atoms with Crippen molar-refractivity contribution < 1.29 is 14.3 Å². The molecule has 1 aliphatic carbocycles. The highest BCUT2D eigenvalue weighted by Gasteiger charge is 2.45. The fraction of sp³-hybridized carbons (Fsp3) is 0.391. The van der Waals surface area contributed by atoms with E-state index in [4.69, 9.17) is 4.74 Å². The number of nitrogens with one attached hydrogen (secondary N) is 2. The largest absolute Gasteiger partial charge is 0.496 e. The van der Waals surface area contributed by atoms with Crippen molar-refractivity contribution >= 4 is 17.5 Å². The molecule has 2 N–H and O–H groups in total. The van der Waals surface area contributed by atoms with E-state index >= 15 is 0 Å². The van der Waals surface area contributed by atoms with Gasteiger partial charge in [-0.2, -0.15) is 0 Å². The molecule has 0 bridgehead atoms. The molecule has 0 radical (unpaired) electrons. The fourth-order valence-electron chi connectivity index (χ4n) is 3.63. The van der Waals surface area contributed by atoms with Gasteiger partial charge in [-0.1, -0.05) is 44.0 Å². The van der Waals surface area contributed by atoms with E-state index in [0.717, 1.165) is 44.2 Å². The molecule has 0 heterocycles. The van der Waals surface area contributed by atoms with Crippen LogP contribution in [0, 0.1) is 0 Å². The highest BCUT2D eigenvalue weighted by Crippen LogP contribution is 2.44. The number of anilines is 1. The van der Waals surface area contributed by atoms with Gasteiger partial charge in [0.1, 0.15) is 5.75 Å². The lowest BCUT2D eigenvalue weighted by Gasteiger charge is -2.40. The Balaban J connectivity index is 1.70. The van der Waals surface area contributed by atoms with E-state index in [9.17, 15) is 9.59 Å². The number of benzene rings is 2. The number of methoxy groups -OCH3 is 1. The molecule has 28 heavy (non-hydrogen) atoms. The Morgan fingerprint density at radius 1 is 1.07 bits per heavy atom. The fourth-order valence-corrected chi connectivity index (χ4v) is 3.63. The third-order valence-corrected chi connectivity index (χ3v) is 5.50. The van der Waals surface area contributed by atoms with Crippen LogP contribution >= 0.6 is 0 Å². The molecule has 0 aliphatic heterocycles. The van der Waals surface area contributed by atoms with Crippen LogP contribution in [0.5, 0.6) is 5.75 Å². The molecule has 3 rings (SSSR count). The Kier molecular flexibility index (Phi) is 6.34. The van der Waals surface area contributed by atoms with Gasteiger partial charge in [0.25, 0.3) is 5.91 Å². The SMILES string of the molecule is CCCCNC(=O)C1(c2ccc(NC(=O)c3ccccc3OC)cc2)CCC1. The summed E-state index contributed by atoms with van der Waals surface area (Å²) in [5.41, 5.74) is 1.78. The highest BCUT2D eigenvalue weighted by atomic mass is 16.5. The molecule has 2 aromatic carbocycles. The lowest BCUT2D eigenvalue weighted by molar-refractivity contribution is -0.129. The van der Waals surface area contributed by atoms with Crippen molar-refractivity contribution in [1.82, 2.24) is 5.32 Å². The van der Waals surface area contributed by atoms with Gasteiger partial charge in [0.05, 0.1) is 18.1 Å². The van der Waals surface area contributed by atoms with Gasteiger partial charge in [0, 0.05) is 12.2 Å². The summed E-state index contributed by atoms with van der Waals surface area (Å²) in [4.78, 5) is 25.3. The molecule has 0 unspecified atom stereocenters. The molecule has 0 atom stereocenters. The summed E-state index contributed by atoms with van der Waals surface area (Å²) in [7, 11) is 1.55. The van der Waals surface area contributed by atoms with Crippen LogP contribution in [-0.2, 0) is 10.2 Å². The number of amides is 2. The number of carbonyl (C=O) groups is 2. The number of hydrogen-bond donors (Lipinski definition) is 2. The first kappa shape index (κ1) is 19.9. The van der Waals surface area contributed by atoms with Crippen molar-refractivity contribution in [3.63, 3.8) is 0 Å². The third kappa shape index (κ3) is 4.03. The highest BCUT2D eigenvalue weighted by molar-refractivity contribution is 6.06. The Morgan fingerprint density at radius 3 is 2.39 bits per heavy atom. The number of unbranched alkanes of at least 4 members (excludes halogenated alkanes) is 1. The van der Waals surface area contributed by atoms with E-state index in [2.05, 4.69) is 17.6 Å². The lowest BCUT2D eigenvalue weighted by Crippen LogP contribution is -2.49. The van der Waals surface area contributed by atoms with Gasteiger partial charge in [0.15, 0.2) is 0 Å². The van der Waals surface area contributed by atoms with Crippen LogP contribution in [0.3, 0.4) is 0 Å². The summed E-state index contributed by atoms with van der Waals surface area (Å²) in [6, 6.07) is 14.8. The summed E-state index contributed by atoms with van der Waals surface area (Å²) >= 11 is 0. The van der Waals surface area contributed by atoms with Gasteiger partial charge >= 0.3 is 0 Å². The second-order valence-corrected chi connectivity index (χ2v) is 7.28. The van der Waals surface area contributed by atoms with Gasteiger partial charge in [0.2, 0.25) is 5.91 Å². The molecular weight excluding hydrogens is 352 g/mol. The van der Waals surface area contributed by atoms with Crippen LogP contribution in [0.15, 0.2) is 48.5 Å². The summed E-state index contributed by atoms with van der Waals surface area (Å²) in [5.74, 6) is 0.438. The van der Waals surface area contributed by atoms with Gasteiger partial charge in [-0.3, -0.25) is 9.59 Å². The summed E-state index contributed by atoms with van der Waals surface area (Å²) in [6.45, 7) is 2.84. The molecule has 2 aromatic rings. The quantitative estimate of drug-likeness (QED) is 0.672. The number of ether oxygens (including phenoxy) is 1. The first-order chi connectivity index (χ1) is 13.6. The topological polar surface area (TPSA) is 67.4 Å². The number of hydrogen-bond acceptors (Lipinski definition) is 3. The summed E-state index contributed by atoms with van der Waals surface area (Å²) in [6.07, 6.45) is 4.87. The third-order valence-electron chi connectivity index (χ3n) is 5.50. The zero-order valence-electron chi connectivity index (χ0n) is 16.6. The standard InChI is InChI=1S/C23H28N2O3/c1-3-4-16-24-22(27)23(14-7-15-23)17-10-12-18(13-11-17)25-21(26)19-8-5-6-9-20(19)28-2/h5-6,8-13H,3-4,7,14-16H2,1-2H3,(H,24,27)(H,25,26). The van der Waals surface area contributed by atoms with Crippen LogP contribution in [-0.4, -0.2) is 25.5 Å². The van der Waals surface area contributed by atoms with E-state index in [1.165, 1.54) is 0 Å². The first-order valence-electron chi connectivity index (χ1n) is 9.94. The van der Waals surface area contributed by atoms with Crippen molar-refractivity contribution in [3.8, 4) is 5.75 Å². The smallest absolute Gasteiger partial charge is 0.259 e. The van der Waals surface area contributed by atoms with Crippen molar-refractivity contribution in [2.75, 3.05) is 19.0 Å². The van der Waals surface area contributed by atoms with E-state index in [-0.39, 0.29) is 11.8 Å². The van der Waals surface area contributed by atoms with Gasteiger partial charge < -0.3 is 15.4 Å². The molecule has 148 valence electrons. The minimum atomic E-state index is -0.418. The van der Waals surface area contributed by atoms with Crippen molar-refractivity contribution in [1.29, 1.82) is 0 Å². The maximum absolute atomic E-state index is 12.7. The zero-order chi connectivity index (χ0) is 20.0. The number of para-hydroxylation sites is 1. The van der Waals surface area contributed by atoms with Crippen LogP contribution < -0.4 is 15.4 Å². The van der Waals surface area contributed by atoms with Crippen molar-refractivity contribution in [2.24, 2.45) is 0 Å². The second kappa shape index (κ2) is 8.91. The van der Waals surface area contributed by atoms with E-state index in [1.807, 2.05) is 30.3 Å². The molecule has 0 saturated heterocycles. The zero-order valence-corrected chi connectivity index (χ0v) is 16.6. The minimum Gasteiger partial charge on any atom is -0.496 e. The molecule has 1 fully saturated rings. The molecule has 5 nitrogen and oxygen atoms in total. The van der Waals surface area contributed by atoms with Crippen LogP contribution in [0.25, 0.3) is 0 Å². The molecule has 5 heteroatoms. The Morgan fingerprint density at radius 2 is 1.79 bits per heavy atom. The summed E-state index contributed by atoms with van der Waals surface area (Å²) < 4.78 is 5.25. The minimum absolute atomic E-state index is 0.123. The van der Waals surface area contributed by atoms with Crippen molar-refractivity contribution in [2.45, 2.75) is 44.4 Å². The van der Waals surface area contributed by atoms with Gasteiger partial charge in [-0.15, -0.1) is 0 Å². The molecule has 1 aliphatic rings. The van der Waals surface area contributed by atoms with E-state index in [0.29, 0.717) is 17.0 Å². The monoisotopic (exact) mass is 380 g/mol. The predicted molar refractivity (Wildman–Crippen MR) is 111 cm³/mol. The normalized spacial score (nSPS) is 14.6. The molecular formula is C23H28N2O3. The lowest BCUT2D eigenvalue weighted by atomic mass is 9.63. The number of carbonyl (C=O) groups excluding carboxylic acids is 2. The average molecular weight is 380 g/mol. The maximum atomic E-state index is 12.7. The molecule has 2 amide bonds. The molecule has 0 aromatic heterocycles. The van der Waals surface area contributed by atoms with E-state index in [1.54, 1.807) is 25.3 Å². The molecule has 0 spiro atoms. The molecule has 1 saturated carbocycles. The van der Waals surface area contributed by atoms with Crippen LogP contribution in [0.2, 0.25) is 0 Å². The van der Waals surface area contributed by atoms with Crippen LogP contribution in [0.4, 0.5) is 5.69 Å². The Bertz CT molecular complexity index is 826. The Hall–Kier alpha value is -2.82. The van der Waals surface area contributed by atoms with E-state index < -0.39 is 5.41 Å².